The number of halogens is 1. The van der Waals surface area contributed by atoms with Gasteiger partial charge in [0.15, 0.2) is 0 Å². The Morgan fingerprint density at radius 1 is 1.07 bits per heavy atom. The summed E-state index contributed by atoms with van der Waals surface area (Å²) in [7, 11) is 1.68. The van der Waals surface area contributed by atoms with Crippen LogP contribution in [0.15, 0.2) is 51.8 Å². The molecule has 0 unspecified atom stereocenters. The van der Waals surface area contributed by atoms with E-state index in [-0.39, 0.29) is 5.91 Å². The van der Waals surface area contributed by atoms with Crippen molar-refractivity contribution in [2.45, 2.75) is 6.92 Å². The summed E-state index contributed by atoms with van der Waals surface area (Å²) in [6, 6.07) is 13.6. The first-order valence-electron chi connectivity index (χ1n) is 9.36. The Morgan fingerprint density at radius 2 is 1.77 bits per heavy atom. The van der Waals surface area contributed by atoms with E-state index >= 15 is 0 Å². The number of aryl methyl sites for hydroxylation is 1. The summed E-state index contributed by atoms with van der Waals surface area (Å²) < 4.78 is 18.6. The number of thiocarbonyl (C=S) groups is 1. The third kappa shape index (κ3) is 6.07. The van der Waals surface area contributed by atoms with Crippen molar-refractivity contribution in [3.05, 3.63) is 63.0 Å². The molecule has 1 aliphatic heterocycles. The van der Waals surface area contributed by atoms with Crippen molar-refractivity contribution in [2.24, 2.45) is 0 Å². The SMILES string of the molecule is Cc1ccccc1OCCOCCOc1ccc(Br)cc1C=C1SC(=S)N(C)C1=O. The van der Waals surface area contributed by atoms with Gasteiger partial charge in [0.05, 0.1) is 18.1 Å². The molecule has 2 aromatic carbocycles. The van der Waals surface area contributed by atoms with E-state index in [1.54, 1.807) is 13.1 Å². The lowest BCUT2D eigenvalue weighted by atomic mass is 10.2. The maximum atomic E-state index is 12.3. The highest BCUT2D eigenvalue weighted by Gasteiger charge is 2.28. The number of amides is 1. The minimum absolute atomic E-state index is 0.104. The van der Waals surface area contributed by atoms with Crippen molar-refractivity contribution >= 4 is 56.2 Å². The Labute approximate surface area is 194 Å². The lowest BCUT2D eigenvalue weighted by Gasteiger charge is -2.12. The number of carbonyl (C=O) groups is 1. The van der Waals surface area contributed by atoms with Crippen LogP contribution in [0, 0.1) is 6.92 Å². The van der Waals surface area contributed by atoms with Gasteiger partial charge in [0.2, 0.25) is 0 Å². The summed E-state index contributed by atoms with van der Waals surface area (Å²) in [4.78, 5) is 14.3. The van der Waals surface area contributed by atoms with Crippen LogP contribution in [0.25, 0.3) is 6.08 Å². The number of benzene rings is 2. The van der Waals surface area contributed by atoms with Gasteiger partial charge in [-0.15, -0.1) is 0 Å². The molecule has 5 nitrogen and oxygen atoms in total. The molecule has 0 saturated carbocycles. The zero-order chi connectivity index (χ0) is 21.5. The van der Waals surface area contributed by atoms with Crippen LogP contribution in [0.3, 0.4) is 0 Å². The van der Waals surface area contributed by atoms with Crippen LogP contribution in [0.1, 0.15) is 11.1 Å². The second-order valence-electron chi connectivity index (χ2n) is 6.50. The molecule has 1 heterocycles. The fraction of sp³-hybridized carbons (Fsp3) is 0.273. The smallest absolute Gasteiger partial charge is 0.265 e. The van der Waals surface area contributed by atoms with Gasteiger partial charge >= 0.3 is 0 Å². The molecule has 0 atom stereocenters. The summed E-state index contributed by atoms with van der Waals surface area (Å²) in [5, 5.41) is 0. The fourth-order valence-corrected chi connectivity index (χ4v) is 4.24. The predicted molar refractivity (Wildman–Crippen MR) is 128 cm³/mol. The monoisotopic (exact) mass is 507 g/mol. The van der Waals surface area contributed by atoms with Crippen LogP contribution >= 0.6 is 39.9 Å². The lowest BCUT2D eigenvalue weighted by Crippen LogP contribution is -2.22. The van der Waals surface area contributed by atoms with Crippen LogP contribution in [-0.4, -0.2) is 48.6 Å². The highest BCUT2D eigenvalue weighted by molar-refractivity contribution is 9.10. The summed E-state index contributed by atoms with van der Waals surface area (Å²) in [5.41, 5.74) is 1.91. The Hall–Kier alpha value is -1.87. The summed E-state index contributed by atoms with van der Waals surface area (Å²) >= 11 is 9.94. The predicted octanol–water partition coefficient (Wildman–Crippen LogP) is 5.06. The molecule has 0 bridgehead atoms. The maximum Gasteiger partial charge on any atom is 0.265 e. The molecular formula is C22H22BrNO4S2. The van der Waals surface area contributed by atoms with Gasteiger partial charge in [-0.3, -0.25) is 9.69 Å². The van der Waals surface area contributed by atoms with E-state index in [2.05, 4.69) is 15.9 Å². The van der Waals surface area contributed by atoms with E-state index < -0.39 is 0 Å². The second-order valence-corrected chi connectivity index (χ2v) is 9.09. The third-order valence-corrected chi connectivity index (χ3v) is 6.29. The van der Waals surface area contributed by atoms with Crippen molar-refractivity contribution < 1.29 is 19.0 Å². The number of hydrogen-bond acceptors (Lipinski definition) is 6. The van der Waals surface area contributed by atoms with Crippen LogP contribution in [0.5, 0.6) is 11.5 Å². The molecule has 0 aromatic heterocycles. The van der Waals surface area contributed by atoms with Crippen molar-refractivity contribution in [2.75, 3.05) is 33.5 Å². The van der Waals surface area contributed by atoms with Crippen LogP contribution in [0.4, 0.5) is 0 Å². The molecular weight excluding hydrogens is 486 g/mol. The molecule has 2 aromatic rings. The summed E-state index contributed by atoms with van der Waals surface area (Å²) in [6.07, 6.45) is 1.81. The first kappa shape index (κ1) is 22.8. The van der Waals surface area contributed by atoms with Crippen LogP contribution in [-0.2, 0) is 9.53 Å². The van der Waals surface area contributed by atoms with E-state index in [9.17, 15) is 4.79 Å². The highest BCUT2D eigenvalue weighted by atomic mass is 79.9. The number of para-hydroxylation sites is 1. The molecule has 158 valence electrons. The normalized spacial score (nSPS) is 15.2. The van der Waals surface area contributed by atoms with E-state index in [1.807, 2.05) is 49.4 Å². The molecule has 1 fully saturated rings. The van der Waals surface area contributed by atoms with Gasteiger partial charge in [-0.05, 0) is 42.8 Å². The van der Waals surface area contributed by atoms with Crippen molar-refractivity contribution in [3.63, 3.8) is 0 Å². The number of carbonyl (C=O) groups excluding carboxylic acids is 1. The largest absolute Gasteiger partial charge is 0.491 e. The molecule has 8 heteroatoms. The minimum atomic E-state index is -0.104. The molecule has 0 N–H and O–H groups in total. The van der Waals surface area contributed by atoms with E-state index in [0.717, 1.165) is 21.3 Å². The minimum Gasteiger partial charge on any atom is -0.491 e. The molecule has 0 aliphatic carbocycles. The maximum absolute atomic E-state index is 12.3. The fourth-order valence-electron chi connectivity index (χ4n) is 2.69. The highest BCUT2D eigenvalue weighted by Crippen LogP contribution is 2.34. The quantitative estimate of drug-likeness (QED) is 0.268. The number of ether oxygens (including phenoxy) is 3. The van der Waals surface area contributed by atoms with E-state index in [1.165, 1.54) is 16.7 Å². The topological polar surface area (TPSA) is 48.0 Å². The molecule has 30 heavy (non-hydrogen) atoms. The number of thioether (sulfide) groups is 1. The first-order chi connectivity index (χ1) is 14.5. The summed E-state index contributed by atoms with van der Waals surface area (Å²) in [6.45, 7) is 3.79. The van der Waals surface area contributed by atoms with Gasteiger partial charge < -0.3 is 14.2 Å². The van der Waals surface area contributed by atoms with Gasteiger partial charge in [-0.2, -0.15) is 0 Å². The zero-order valence-electron chi connectivity index (χ0n) is 16.7. The number of nitrogens with zero attached hydrogens (tertiary/aromatic N) is 1. The number of rotatable bonds is 9. The van der Waals surface area contributed by atoms with Crippen molar-refractivity contribution in [3.8, 4) is 11.5 Å². The summed E-state index contributed by atoms with van der Waals surface area (Å²) in [5.74, 6) is 1.45. The Balaban J connectivity index is 1.48. The third-order valence-electron chi connectivity index (χ3n) is 4.31. The van der Waals surface area contributed by atoms with Gasteiger partial charge in [-0.1, -0.05) is 58.1 Å². The molecule has 1 aliphatic rings. The number of likely N-dealkylation sites (N-methyl/N-ethyl adjacent to an activating group) is 1. The lowest BCUT2D eigenvalue weighted by molar-refractivity contribution is -0.121. The Morgan fingerprint density at radius 3 is 2.43 bits per heavy atom. The van der Waals surface area contributed by atoms with Crippen LogP contribution in [0.2, 0.25) is 0 Å². The molecule has 0 spiro atoms. The Bertz CT molecular complexity index is 964. The van der Waals surface area contributed by atoms with Crippen molar-refractivity contribution in [1.82, 2.24) is 4.90 Å². The standard InChI is InChI=1S/C22H22BrNO4S2/c1-15-5-3-4-6-18(15)27-11-9-26-10-12-28-19-8-7-17(23)13-16(19)14-20-21(25)24(2)22(29)30-20/h3-8,13-14H,9-12H2,1-2H3. The Kier molecular flexibility index (Phi) is 8.32. The molecule has 3 rings (SSSR count). The van der Waals surface area contributed by atoms with Gasteiger partial charge in [0.1, 0.15) is 29.0 Å². The first-order valence-corrected chi connectivity index (χ1v) is 11.4. The van der Waals surface area contributed by atoms with Crippen LogP contribution < -0.4 is 9.47 Å². The van der Waals surface area contributed by atoms with Gasteiger partial charge in [0, 0.05) is 17.1 Å². The molecule has 0 radical (unpaired) electrons. The van der Waals surface area contributed by atoms with E-state index in [0.29, 0.717) is 41.4 Å². The van der Waals surface area contributed by atoms with Gasteiger partial charge in [0.25, 0.3) is 5.91 Å². The average molecular weight is 508 g/mol. The van der Waals surface area contributed by atoms with E-state index in [4.69, 9.17) is 26.4 Å². The van der Waals surface area contributed by atoms with Crippen molar-refractivity contribution in [1.29, 1.82) is 0 Å². The molecule has 1 amide bonds. The second kappa shape index (κ2) is 10.9. The number of hydrogen-bond donors (Lipinski definition) is 0. The average Bonchev–Trinajstić information content (AvgIpc) is 2.96. The zero-order valence-corrected chi connectivity index (χ0v) is 19.9. The molecule has 1 saturated heterocycles. The van der Waals surface area contributed by atoms with Gasteiger partial charge in [-0.25, -0.2) is 0 Å².